The number of carboxylic acid groups (broad SMARTS) is 1. The second kappa shape index (κ2) is 7.17. The van der Waals surface area contributed by atoms with Gasteiger partial charge in [-0.1, -0.05) is 59.1 Å². The normalized spacial score (nSPS) is 11.4. The smallest absolute Gasteiger partial charge is 0.150 e. The maximum absolute atomic E-state index is 11.0. The second-order valence-electron chi connectivity index (χ2n) is 4.67. The molecule has 0 fully saturated rings. The molecular formula is C15H11Cl3N3O2-. The summed E-state index contributed by atoms with van der Waals surface area (Å²) in [7, 11) is 0. The predicted octanol–water partition coefficient (Wildman–Crippen LogP) is 3.55. The molecule has 0 radical (unpaired) electrons. The molecule has 5 nitrogen and oxygen atoms in total. The molecule has 1 aromatic heterocycles. The number of aromatic nitrogens is 1. The number of carbonyl (C=O) groups is 1. The lowest BCUT2D eigenvalue weighted by Gasteiger charge is -2.13. The standard InChI is InChI=1S/C15H12Cl3N3O2/c1-7-5-3-4-6-9(7)8(2)20-21-12-10(16)13(15(22)23)19-14(18)11(12)17/h3-6H,1-2H3,(H,19,21)(H,22,23)/p-1/b20-8-. The quantitative estimate of drug-likeness (QED) is 0.506. The van der Waals surface area contributed by atoms with E-state index in [1.165, 1.54) is 0 Å². The summed E-state index contributed by atoms with van der Waals surface area (Å²) in [6, 6.07) is 7.66. The van der Waals surface area contributed by atoms with Crippen molar-refractivity contribution in [3.8, 4) is 0 Å². The summed E-state index contributed by atoms with van der Waals surface area (Å²) in [5.74, 6) is -1.56. The second-order valence-corrected chi connectivity index (χ2v) is 5.78. The molecule has 0 unspecified atom stereocenters. The first-order valence-electron chi connectivity index (χ1n) is 6.45. The first-order chi connectivity index (χ1) is 10.8. The Balaban J connectivity index is 2.43. The third kappa shape index (κ3) is 3.75. The molecule has 2 rings (SSSR count). The van der Waals surface area contributed by atoms with Crippen LogP contribution in [-0.4, -0.2) is 16.7 Å². The minimum Gasteiger partial charge on any atom is -0.543 e. The van der Waals surface area contributed by atoms with Crippen LogP contribution in [0.25, 0.3) is 0 Å². The number of hydrazone groups is 1. The molecule has 2 aromatic rings. The van der Waals surface area contributed by atoms with Crippen molar-refractivity contribution in [3.63, 3.8) is 0 Å². The highest BCUT2D eigenvalue weighted by atomic mass is 35.5. The Hall–Kier alpha value is -1.82. The lowest BCUT2D eigenvalue weighted by atomic mass is 10.1. The number of hydrogen-bond acceptors (Lipinski definition) is 5. The van der Waals surface area contributed by atoms with E-state index in [1.54, 1.807) is 6.92 Å². The van der Waals surface area contributed by atoms with Gasteiger partial charge in [0.2, 0.25) is 0 Å². The van der Waals surface area contributed by atoms with Crippen LogP contribution in [-0.2, 0) is 0 Å². The monoisotopic (exact) mass is 370 g/mol. The molecule has 0 saturated heterocycles. The number of aryl methyl sites for hydroxylation is 1. The van der Waals surface area contributed by atoms with Gasteiger partial charge in [0.05, 0.1) is 22.4 Å². The molecule has 0 atom stereocenters. The Morgan fingerprint density at radius 1 is 1.22 bits per heavy atom. The Kier molecular flexibility index (Phi) is 5.46. The lowest BCUT2D eigenvalue weighted by molar-refractivity contribution is -0.255. The van der Waals surface area contributed by atoms with Crippen molar-refractivity contribution < 1.29 is 9.90 Å². The molecule has 120 valence electrons. The highest BCUT2D eigenvalue weighted by Crippen LogP contribution is 2.36. The van der Waals surface area contributed by atoms with Crippen LogP contribution in [0.2, 0.25) is 15.2 Å². The van der Waals surface area contributed by atoms with E-state index >= 15 is 0 Å². The van der Waals surface area contributed by atoms with Crippen LogP contribution in [0, 0.1) is 6.92 Å². The van der Waals surface area contributed by atoms with Gasteiger partial charge in [0.15, 0.2) is 5.15 Å². The largest absolute Gasteiger partial charge is 0.543 e. The van der Waals surface area contributed by atoms with Crippen LogP contribution in [0.3, 0.4) is 0 Å². The van der Waals surface area contributed by atoms with Gasteiger partial charge in [0.1, 0.15) is 10.7 Å². The molecule has 0 saturated carbocycles. The van der Waals surface area contributed by atoms with Gasteiger partial charge < -0.3 is 9.90 Å². The van der Waals surface area contributed by atoms with E-state index in [4.69, 9.17) is 34.8 Å². The molecule has 0 aliphatic carbocycles. The third-order valence-corrected chi connectivity index (χ3v) is 4.21. The van der Waals surface area contributed by atoms with Gasteiger partial charge in [-0.2, -0.15) is 5.10 Å². The fourth-order valence-electron chi connectivity index (χ4n) is 1.93. The van der Waals surface area contributed by atoms with Crippen LogP contribution in [0.4, 0.5) is 5.69 Å². The average Bonchev–Trinajstić information content (AvgIpc) is 2.50. The van der Waals surface area contributed by atoms with Gasteiger partial charge in [-0.25, -0.2) is 4.98 Å². The predicted molar refractivity (Wildman–Crippen MR) is 90.6 cm³/mol. The number of carboxylic acids is 1. The number of aromatic carboxylic acids is 1. The lowest BCUT2D eigenvalue weighted by Crippen LogP contribution is -2.24. The summed E-state index contributed by atoms with van der Waals surface area (Å²) in [6.45, 7) is 3.74. The first-order valence-corrected chi connectivity index (χ1v) is 7.58. The number of hydrogen-bond donors (Lipinski definition) is 1. The van der Waals surface area contributed by atoms with Gasteiger partial charge in [-0.15, -0.1) is 0 Å². The molecule has 1 N–H and O–H groups in total. The van der Waals surface area contributed by atoms with E-state index < -0.39 is 11.7 Å². The molecule has 1 heterocycles. The summed E-state index contributed by atoms with van der Waals surface area (Å²) >= 11 is 17.8. The van der Waals surface area contributed by atoms with Crippen molar-refractivity contribution in [2.75, 3.05) is 5.43 Å². The summed E-state index contributed by atoms with van der Waals surface area (Å²) in [5, 5.41) is 14.8. The molecule has 0 bridgehead atoms. The van der Waals surface area contributed by atoms with Crippen molar-refractivity contribution in [1.29, 1.82) is 0 Å². The van der Waals surface area contributed by atoms with Crippen molar-refractivity contribution >= 4 is 52.2 Å². The third-order valence-electron chi connectivity index (χ3n) is 3.10. The number of nitrogens with one attached hydrogen (secondary N) is 1. The maximum atomic E-state index is 11.0. The van der Waals surface area contributed by atoms with Crippen LogP contribution < -0.4 is 10.5 Å². The van der Waals surface area contributed by atoms with Crippen molar-refractivity contribution in [1.82, 2.24) is 4.98 Å². The fraction of sp³-hybridized carbons (Fsp3) is 0.133. The van der Waals surface area contributed by atoms with Gasteiger partial charge in [0.25, 0.3) is 0 Å². The molecule has 0 spiro atoms. The molecule has 1 aromatic carbocycles. The van der Waals surface area contributed by atoms with Crippen LogP contribution in [0.1, 0.15) is 28.5 Å². The Labute approximate surface area is 147 Å². The molecule has 8 heteroatoms. The number of halogens is 3. The molecule has 0 aliphatic rings. The number of rotatable bonds is 4. The zero-order valence-electron chi connectivity index (χ0n) is 12.2. The summed E-state index contributed by atoms with van der Waals surface area (Å²) < 4.78 is 0. The zero-order valence-corrected chi connectivity index (χ0v) is 14.4. The Morgan fingerprint density at radius 3 is 2.48 bits per heavy atom. The minimum atomic E-state index is -1.56. The van der Waals surface area contributed by atoms with E-state index in [0.717, 1.165) is 11.1 Å². The maximum Gasteiger partial charge on any atom is 0.150 e. The van der Waals surface area contributed by atoms with Crippen molar-refractivity contribution in [2.45, 2.75) is 13.8 Å². The van der Waals surface area contributed by atoms with E-state index in [9.17, 15) is 9.90 Å². The Morgan fingerprint density at radius 2 is 1.87 bits per heavy atom. The fourth-order valence-corrected chi connectivity index (χ4v) is 2.59. The van der Waals surface area contributed by atoms with E-state index in [2.05, 4.69) is 15.5 Å². The number of anilines is 1. The topological polar surface area (TPSA) is 77.4 Å². The summed E-state index contributed by atoms with van der Waals surface area (Å²) in [5.41, 5.74) is 4.83. The Bertz CT molecular complexity index is 807. The van der Waals surface area contributed by atoms with E-state index in [0.29, 0.717) is 5.71 Å². The summed E-state index contributed by atoms with van der Waals surface area (Å²) in [6.07, 6.45) is 0. The van der Waals surface area contributed by atoms with Crippen molar-refractivity contribution in [2.24, 2.45) is 5.10 Å². The summed E-state index contributed by atoms with van der Waals surface area (Å²) in [4.78, 5) is 14.6. The van der Waals surface area contributed by atoms with Gasteiger partial charge >= 0.3 is 0 Å². The van der Waals surface area contributed by atoms with Crippen molar-refractivity contribution in [3.05, 3.63) is 56.3 Å². The highest BCUT2D eigenvalue weighted by molar-refractivity contribution is 6.46. The van der Waals surface area contributed by atoms with E-state index in [-0.39, 0.29) is 20.9 Å². The highest BCUT2D eigenvalue weighted by Gasteiger charge is 2.17. The molecule has 0 amide bonds. The van der Waals surface area contributed by atoms with Gasteiger partial charge in [-0.3, -0.25) is 5.43 Å². The molecule has 0 aliphatic heterocycles. The zero-order chi connectivity index (χ0) is 17.1. The van der Waals surface area contributed by atoms with Crippen LogP contribution in [0.15, 0.2) is 29.4 Å². The number of pyridine rings is 1. The van der Waals surface area contributed by atoms with Gasteiger partial charge in [-0.05, 0) is 19.4 Å². The average molecular weight is 372 g/mol. The number of nitrogens with zero attached hydrogens (tertiary/aromatic N) is 2. The van der Waals surface area contributed by atoms with E-state index in [1.807, 2.05) is 31.2 Å². The molecular weight excluding hydrogens is 361 g/mol. The number of benzene rings is 1. The minimum absolute atomic E-state index is 0.0250. The van der Waals surface area contributed by atoms with Gasteiger partial charge in [0, 0.05) is 5.56 Å². The van der Waals surface area contributed by atoms with Crippen LogP contribution >= 0.6 is 34.8 Å². The molecule has 23 heavy (non-hydrogen) atoms. The number of carbonyl (C=O) groups excluding carboxylic acids is 1. The first kappa shape index (κ1) is 17.5. The van der Waals surface area contributed by atoms with Crippen LogP contribution in [0.5, 0.6) is 0 Å². The SMILES string of the molecule is C/C(=N/Nc1c(Cl)c(Cl)nc(C(=O)[O-])c1Cl)c1ccccc1C.